The minimum Gasteiger partial charge on any atom is -0.497 e. The first kappa shape index (κ1) is 32.2. The lowest BCUT2D eigenvalue weighted by Crippen LogP contribution is -2.25. The first-order chi connectivity index (χ1) is 22.0. The van der Waals surface area contributed by atoms with E-state index in [1.165, 1.54) is 23.1 Å². The number of methoxy groups -OCH3 is 1. The number of aromatic nitrogens is 3. The number of thiophene rings is 1. The molecule has 4 aromatic rings. The van der Waals surface area contributed by atoms with E-state index in [2.05, 4.69) is 33.0 Å². The number of hydrogen-bond acceptors (Lipinski definition) is 9. The first-order valence-corrected chi connectivity index (χ1v) is 16.9. The van der Waals surface area contributed by atoms with Crippen LogP contribution in [0.4, 0.5) is 5.00 Å². The summed E-state index contributed by atoms with van der Waals surface area (Å²) in [5, 5.41) is 15.8. The van der Waals surface area contributed by atoms with E-state index in [0.29, 0.717) is 39.4 Å². The summed E-state index contributed by atoms with van der Waals surface area (Å²) in [4.78, 5) is 40.1. The molecule has 45 heavy (non-hydrogen) atoms. The Balaban J connectivity index is 1.28. The summed E-state index contributed by atoms with van der Waals surface area (Å²) >= 11 is 2.75. The number of aryl methyl sites for hydroxylation is 2. The number of carbonyl (C=O) groups excluding carboxylic acids is 3. The fourth-order valence-electron chi connectivity index (χ4n) is 5.21. The molecule has 0 atom stereocenters. The van der Waals surface area contributed by atoms with Gasteiger partial charge >= 0.3 is 5.97 Å². The summed E-state index contributed by atoms with van der Waals surface area (Å²) in [6, 6.07) is 16.9. The average Bonchev–Trinajstić information content (AvgIpc) is 3.53. The number of hydrogen-bond donors (Lipinski definition) is 2. The Bertz CT molecular complexity index is 1620. The van der Waals surface area contributed by atoms with E-state index < -0.39 is 0 Å². The number of esters is 1. The van der Waals surface area contributed by atoms with Gasteiger partial charge in [0.25, 0.3) is 5.91 Å². The SMILES string of the molecule is CCOC(=O)c1c(NC(=O)CSc2nnc(CNC(=O)c3ccc(OC)cc3)n2CCc2ccccc2)sc2c1CCCCC2. The van der Waals surface area contributed by atoms with Gasteiger partial charge in [-0.15, -0.1) is 21.5 Å². The molecule has 0 unspecified atom stereocenters. The van der Waals surface area contributed by atoms with Crippen molar-refractivity contribution >= 4 is 45.9 Å². The van der Waals surface area contributed by atoms with Crippen LogP contribution in [0.3, 0.4) is 0 Å². The average molecular weight is 648 g/mol. The van der Waals surface area contributed by atoms with Gasteiger partial charge in [0.2, 0.25) is 5.91 Å². The second kappa shape index (κ2) is 15.7. The number of amides is 2. The van der Waals surface area contributed by atoms with Crippen LogP contribution in [-0.2, 0) is 41.9 Å². The zero-order valence-electron chi connectivity index (χ0n) is 25.5. The van der Waals surface area contributed by atoms with Crippen LogP contribution < -0.4 is 15.4 Å². The molecule has 5 rings (SSSR count). The van der Waals surface area contributed by atoms with Crippen molar-refractivity contribution in [2.75, 3.05) is 24.8 Å². The van der Waals surface area contributed by atoms with Crippen LogP contribution >= 0.6 is 23.1 Å². The van der Waals surface area contributed by atoms with Crippen molar-refractivity contribution in [1.29, 1.82) is 0 Å². The predicted octanol–water partition coefficient (Wildman–Crippen LogP) is 5.70. The van der Waals surface area contributed by atoms with Gasteiger partial charge in [-0.3, -0.25) is 9.59 Å². The van der Waals surface area contributed by atoms with E-state index in [9.17, 15) is 14.4 Å². The number of rotatable bonds is 13. The number of nitrogens with one attached hydrogen (secondary N) is 2. The molecule has 10 nitrogen and oxygen atoms in total. The van der Waals surface area contributed by atoms with Crippen molar-refractivity contribution in [2.24, 2.45) is 0 Å². The molecule has 12 heteroatoms. The van der Waals surface area contributed by atoms with Crippen LogP contribution in [0, 0.1) is 0 Å². The summed E-state index contributed by atoms with van der Waals surface area (Å²) in [6.07, 6.45) is 5.65. The third-order valence-corrected chi connectivity index (χ3v) is 9.68. The van der Waals surface area contributed by atoms with Crippen LogP contribution in [0.15, 0.2) is 59.8 Å². The fraction of sp³-hybridized carbons (Fsp3) is 0.364. The standard InChI is InChI=1S/C33H37N5O5S2/c1-3-43-32(41)29-25-12-8-5-9-13-26(25)45-31(29)35-28(39)21-44-33-37-36-27(38(33)19-18-22-10-6-4-7-11-22)20-34-30(40)23-14-16-24(42-2)17-15-23/h4,6-7,10-11,14-17H,3,5,8-9,12-13,18-21H2,1-2H3,(H,34,40)(H,35,39). The lowest BCUT2D eigenvalue weighted by molar-refractivity contribution is -0.113. The second-order valence-corrected chi connectivity index (χ2v) is 12.6. The van der Waals surface area contributed by atoms with Crippen molar-refractivity contribution < 1.29 is 23.9 Å². The quantitative estimate of drug-likeness (QED) is 0.108. The summed E-state index contributed by atoms with van der Waals surface area (Å²) in [7, 11) is 1.58. The molecule has 2 heterocycles. The van der Waals surface area contributed by atoms with Crippen molar-refractivity contribution in [2.45, 2.75) is 63.7 Å². The van der Waals surface area contributed by atoms with Gasteiger partial charge < -0.3 is 24.7 Å². The molecule has 0 saturated heterocycles. The second-order valence-electron chi connectivity index (χ2n) is 10.5. The zero-order valence-corrected chi connectivity index (χ0v) is 27.1. The van der Waals surface area contributed by atoms with Crippen LogP contribution in [0.1, 0.15) is 68.7 Å². The molecular formula is C33H37N5O5S2. The lowest BCUT2D eigenvalue weighted by Gasteiger charge is -2.12. The number of fused-ring (bicyclic) bond motifs is 1. The maximum Gasteiger partial charge on any atom is 0.341 e. The van der Waals surface area contributed by atoms with E-state index in [0.717, 1.165) is 54.5 Å². The van der Waals surface area contributed by atoms with Gasteiger partial charge in [-0.25, -0.2) is 4.79 Å². The molecule has 2 aromatic heterocycles. The molecule has 236 valence electrons. The molecule has 1 aliphatic carbocycles. The number of benzene rings is 2. The van der Waals surface area contributed by atoms with Gasteiger partial charge in [-0.05, 0) is 74.4 Å². The lowest BCUT2D eigenvalue weighted by atomic mass is 10.1. The molecule has 0 fully saturated rings. The highest BCUT2D eigenvalue weighted by Gasteiger charge is 2.27. The number of thioether (sulfide) groups is 1. The molecule has 2 amide bonds. The molecule has 0 radical (unpaired) electrons. The Labute approximate surface area is 270 Å². The Morgan fingerprint density at radius 3 is 2.53 bits per heavy atom. The van der Waals surface area contributed by atoms with Crippen LogP contribution in [0.25, 0.3) is 0 Å². The Kier molecular flexibility index (Phi) is 11.3. The number of nitrogens with zero attached hydrogens (tertiary/aromatic N) is 3. The predicted molar refractivity (Wildman–Crippen MR) is 175 cm³/mol. The maximum atomic E-state index is 13.2. The molecule has 2 aromatic carbocycles. The highest BCUT2D eigenvalue weighted by Crippen LogP contribution is 2.38. The smallest absolute Gasteiger partial charge is 0.341 e. The van der Waals surface area contributed by atoms with E-state index >= 15 is 0 Å². The number of anilines is 1. The van der Waals surface area contributed by atoms with E-state index in [4.69, 9.17) is 9.47 Å². The summed E-state index contributed by atoms with van der Waals surface area (Å²) in [5.41, 5.74) is 3.17. The van der Waals surface area contributed by atoms with Gasteiger partial charge in [-0.1, -0.05) is 48.5 Å². The fourth-order valence-corrected chi connectivity index (χ4v) is 7.29. The third-order valence-electron chi connectivity index (χ3n) is 7.51. The van der Waals surface area contributed by atoms with Crippen molar-refractivity contribution in [3.8, 4) is 5.75 Å². The minimum atomic E-state index is -0.387. The molecule has 2 N–H and O–H groups in total. The molecule has 0 saturated carbocycles. The topological polar surface area (TPSA) is 124 Å². The molecule has 0 bridgehead atoms. The van der Waals surface area contributed by atoms with Gasteiger partial charge in [0.1, 0.15) is 10.8 Å². The largest absolute Gasteiger partial charge is 0.497 e. The van der Waals surface area contributed by atoms with Gasteiger partial charge in [0.05, 0.1) is 31.6 Å². The molecule has 0 spiro atoms. The van der Waals surface area contributed by atoms with E-state index in [-0.39, 0.29) is 36.7 Å². The Morgan fingerprint density at radius 1 is 1.00 bits per heavy atom. The highest BCUT2D eigenvalue weighted by atomic mass is 32.2. The highest BCUT2D eigenvalue weighted by molar-refractivity contribution is 7.99. The van der Waals surface area contributed by atoms with Crippen molar-refractivity contribution in [1.82, 2.24) is 20.1 Å². The van der Waals surface area contributed by atoms with Crippen LogP contribution in [-0.4, -0.2) is 52.0 Å². The van der Waals surface area contributed by atoms with E-state index in [1.54, 1.807) is 38.3 Å². The number of carbonyl (C=O) groups is 3. The molecule has 0 aliphatic heterocycles. The van der Waals surface area contributed by atoms with E-state index in [1.807, 2.05) is 22.8 Å². The Morgan fingerprint density at radius 2 is 1.78 bits per heavy atom. The third kappa shape index (κ3) is 8.31. The zero-order chi connectivity index (χ0) is 31.6. The molecular weight excluding hydrogens is 611 g/mol. The summed E-state index contributed by atoms with van der Waals surface area (Å²) in [6.45, 7) is 2.79. The normalized spacial score (nSPS) is 12.6. The summed E-state index contributed by atoms with van der Waals surface area (Å²) < 4.78 is 12.5. The van der Waals surface area contributed by atoms with Crippen molar-refractivity contribution in [3.63, 3.8) is 0 Å². The Hall–Kier alpha value is -4.16. The van der Waals surface area contributed by atoms with Gasteiger partial charge in [0, 0.05) is 17.0 Å². The van der Waals surface area contributed by atoms with Crippen LogP contribution in [0.5, 0.6) is 5.75 Å². The monoisotopic (exact) mass is 647 g/mol. The molecule has 1 aliphatic rings. The van der Waals surface area contributed by atoms with Gasteiger partial charge in [0.15, 0.2) is 11.0 Å². The van der Waals surface area contributed by atoms with Crippen LogP contribution in [0.2, 0.25) is 0 Å². The van der Waals surface area contributed by atoms with Gasteiger partial charge in [-0.2, -0.15) is 0 Å². The maximum absolute atomic E-state index is 13.2. The first-order valence-electron chi connectivity index (χ1n) is 15.1. The number of ether oxygens (including phenoxy) is 2. The summed E-state index contributed by atoms with van der Waals surface area (Å²) in [5.74, 6) is 0.463. The van der Waals surface area contributed by atoms with Crippen molar-refractivity contribution in [3.05, 3.63) is 87.6 Å². The minimum absolute atomic E-state index is 0.0759.